The van der Waals surface area contributed by atoms with Crippen molar-refractivity contribution in [2.45, 2.75) is 12.5 Å². The Balaban J connectivity index is 1.52. The van der Waals surface area contributed by atoms with E-state index in [-0.39, 0.29) is 12.7 Å². The van der Waals surface area contributed by atoms with Crippen LogP contribution < -0.4 is 14.8 Å². The van der Waals surface area contributed by atoms with Gasteiger partial charge in [0.25, 0.3) is 5.91 Å². The van der Waals surface area contributed by atoms with Gasteiger partial charge in [-0.1, -0.05) is 6.07 Å². The Kier molecular flexibility index (Phi) is 4.08. The van der Waals surface area contributed by atoms with Crippen molar-refractivity contribution in [2.24, 2.45) is 0 Å². The van der Waals surface area contributed by atoms with E-state index in [4.69, 9.17) is 9.47 Å². The molecule has 0 bridgehead atoms. The smallest absolute Gasteiger partial charge is 0.252 e. The Morgan fingerprint density at radius 2 is 2.19 bits per heavy atom. The van der Waals surface area contributed by atoms with Gasteiger partial charge in [-0.2, -0.15) is 11.3 Å². The minimum atomic E-state index is -0.651. The van der Waals surface area contributed by atoms with E-state index in [1.54, 1.807) is 29.6 Å². The van der Waals surface area contributed by atoms with E-state index >= 15 is 0 Å². The van der Waals surface area contributed by atoms with Crippen LogP contribution in [0.15, 0.2) is 35.0 Å². The quantitative estimate of drug-likeness (QED) is 0.889. The second-order valence-corrected chi connectivity index (χ2v) is 5.47. The molecule has 110 valence electrons. The molecule has 5 nitrogen and oxygen atoms in total. The Morgan fingerprint density at radius 3 is 3.00 bits per heavy atom. The molecule has 0 spiro atoms. The first-order valence-electron chi connectivity index (χ1n) is 6.62. The van der Waals surface area contributed by atoms with E-state index in [2.05, 4.69) is 5.32 Å². The Morgan fingerprint density at radius 1 is 1.33 bits per heavy atom. The molecule has 1 aromatic heterocycles. The molecule has 0 fully saturated rings. The number of hydrogen-bond acceptors (Lipinski definition) is 5. The van der Waals surface area contributed by atoms with Gasteiger partial charge in [-0.25, -0.2) is 0 Å². The fourth-order valence-electron chi connectivity index (χ4n) is 2.11. The molecule has 1 aliphatic rings. The fourth-order valence-corrected chi connectivity index (χ4v) is 2.74. The van der Waals surface area contributed by atoms with Gasteiger partial charge < -0.3 is 19.9 Å². The Labute approximate surface area is 126 Å². The van der Waals surface area contributed by atoms with Crippen molar-refractivity contribution >= 4 is 17.2 Å². The number of aliphatic hydroxyl groups excluding tert-OH is 1. The largest absolute Gasteiger partial charge is 0.454 e. The van der Waals surface area contributed by atoms with E-state index in [0.29, 0.717) is 30.0 Å². The molecule has 3 rings (SSSR count). The third-order valence-electron chi connectivity index (χ3n) is 3.27. The zero-order valence-electron chi connectivity index (χ0n) is 11.2. The van der Waals surface area contributed by atoms with E-state index in [1.165, 1.54) is 11.3 Å². The molecule has 21 heavy (non-hydrogen) atoms. The standard InChI is InChI=1S/C15H15NO4S/c17-12(3-5-16-15(18)11-4-6-21-8-11)10-1-2-13-14(7-10)20-9-19-13/h1-2,4,6-8,12,17H,3,5,9H2,(H,16,18)/t12-/m1/s1. The predicted molar refractivity (Wildman–Crippen MR) is 78.8 cm³/mol. The van der Waals surface area contributed by atoms with Gasteiger partial charge in [0.1, 0.15) is 0 Å². The zero-order chi connectivity index (χ0) is 14.7. The molecule has 1 aliphatic heterocycles. The molecule has 2 aromatic rings. The number of ether oxygens (including phenoxy) is 2. The van der Waals surface area contributed by atoms with Crippen LogP contribution in [0, 0.1) is 0 Å². The van der Waals surface area contributed by atoms with Crippen molar-refractivity contribution < 1.29 is 19.4 Å². The van der Waals surface area contributed by atoms with Crippen molar-refractivity contribution in [2.75, 3.05) is 13.3 Å². The maximum atomic E-state index is 11.8. The summed E-state index contributed by atoms with van der Waals surface area (Å²) < 4.78 is 10.5. The lowest BCUT2D eigenvalue weighted by Gasteiger charge is -2.12. The van der Waals surface area contributed by atoms with Crippen LogP contribution in [0.25, 0.3) is 0 Å². The predicted octanol–water partition coefficient (Wildman–Crippen LogP) is 2.33. The van der Waals surface area contributed by atoms with Gasteiger partial charge in [-0.05, 0) is 35.6 Å². The van der Waals surface area contributed by atoms with E-state index in [0.717, 1.165) is 5.56 Å². The number of fused-ring (bicyclic) bond motifs is 1. The van der Waals surface area contributed by atoms with Gasteiger partial charge in [0.15, 0.2) is 11.5 Å². The molecular formula is C15H15NO4S. The van der Waals surface area contributed by atoms with Crippen LogP contribution >= 0.6 is 11.3 Å². The summed E-state index contributed by atoms with van der Waals surface area (Å²) in [6, 6.07) is 7.13. The third kappa shape index (κ3) is 3.17. The average molecular weight is 305 g/mol. The number of carbonyl (C=O) groups excluding carboxylic acids is 1. The highest BCUT2D eigenvalue weighted by Crippen LogP contribution is 2.34. The van der Waals surface area contributed by atoms with Crippen LogP contribution in [0.1, 0.15) is 28.4 Å². The first-order valence-corrected chi connectivity index (χ1v) is 7.56. The summed E-state index contributed by atoms with van der Waals surface area (Å²) in [7, 11) is 0. The van der Waals surface area contributed by atoms with Gasteiger partial charge in [-0.15, -0.1) is 0 Å². The van der Waals surface area contributed by atoms with Crippen LogP contribution in [0.5, 0.6) is 11.5 Å². The first-order chi connectivity index (χ1) is 10.2. The van der Waals surface area contributed by atoms with Crippen molar-refractivity contribution in [3.8, 4) is 11.5 Å². The Hall–Kier alpha value is -2.05. The Bertz CT molecular complexity index is 627. The minimum Gasteiger partial charge on any atom is -0.454 e. The molecule has 2 heterocycles. The molecule has 1 aromatic carbocycles. The number of carbonyl (C=O) groups is 1. The second-order valence-electron chi connectivity index (χ2n) is 4.69. The molecule has 0 saturated carbocycles. The highest BCUT2D eigenvalue weighted by molar-refractivity contribution is 7.08. The lowest BCUT2D eigenvalue weighted by molar-refractivity contribution is 0.0943. The van der Waals surface area contributed by atoms with Gasteiger partial charge in [0, 0.05) is 17.5 Å². The summed E-state index contributed by atoms with van der Waals surface area (Å²) in [5.41, 5.74) is 1.40. The summed E-state index contributed by atoms with van der Waals surface area (Å²) in [5, 5.41) is 16.6. The van der Waals surface area contributed by atoms with E-state index in [1.807, 2.05) is 5.38 Å². The molecule has 0 radical (unpaired) electrons. The summed E-state index contributed by atoms with van der Waals surface area (Å²) in [5.74, 6) is 1.22. The molecule has 6 heteroatoms. The van der Waals surface area contributed by atoms with Crippen LogP contribution in [0.4, 0.5) is 0 Å². The summed E-state index contributed by atoms with van der Waals surface area (Å²) in [6.07, 6.45) is -0.211. The van der Waals surface area contributed by atoms with Crippen LogP contribution in [-0.2, 0) is 0 Å². The van der Waals surface area contributed by atoms with Gasteiger partial charge >= 0.3 is 0 Å². The number of benzene rings is 1. The maximum Gasteiger partial charge on any atom is 0.252 e. The molecular weight excluding hydrogens is 290 g/mol. The lowest BCUT2D eigenvalue weighted by Crippen LogP contribution is -2.25. The first kappa shape index (κ1) is 13.9. The second kappa shape index (κ2) is 6.15. The minimum absolute atomic E-state index is 0.117. The third-order valence-corrected chi connectivity index (χ3v) is 3.95. The van der Waals surface area contributed by atoms with Crippen molar-refractivity contribution in [1.82, 2.24) is 5.32 Å². The summed E-state index contributed by atoms with van der Waals surface area (Å²) in [6.45, 7) is 0.621. The number of nitrogens with one attached hydrogen (secondary N) is 1. The van der Waals surface area contributed by atoms with E-state index in [9.17, 15) is 9.90 Å². The number of thiophene rings is 1. The van der Waals surface area contributed by atoms with Crippen LogP contribution in [0.3, 0.4) is 0 Å². The fraction of sp³-hybridized carbons (Fsp3) is 0.267. The number of amides is 1. The topological polar surface area (TPSA) is 67.8 Å². The summed E-state index contributed by atoms with van der Waals surface area (Å²) in [4.78, 5) is 11.8. The summed E-state index contributed by atoms with van der Waals surface area (Å²) >= 11 is 1.48. The number of aliphatic hydroxyl groups is 1. The van der Waals surface area contributed by atoms with Gasteiger partial charge in [0.2, 0.25) is 6.79 Å². The molecule has 1 amide bonds. The number of rotatable bonds is 5. The molecule has 2 N–H and O–H groups in total. The zero-order valence-corrected chi connectivity index (χ0v) is 12.1. The molecule has 0 aliphatic carbocycles. The van der Waals surface area contributed by atoms with Crippen molar-refractivity contribution in [3.05, 3.63) is 46.2 Å². The van der Waals surface area contributed by atoms with Crippen molar-refractivity contribution in [1.29, 1.82) is 0 Å². The maximum absolute atomic E-state index is 11.8. The molecule has 0 saturated heterocycles. The SMILES string of the molecule is O=C(NCC[C@@H](O)c1ccc2c(c1)OCO2)c1ccsc1. The lowest BCUT2D eigenvalue weighted by atomic mass is 10.1. The monoisotopic (exact) mass is 305 g/mol. The van der Waals surface area contributed by atoms with Gasteiger partial charge in [0.05, 0.1) is 6.10 Å². The highest BCUT2D eigenvalue weighted by atomic mass is 32.1. The van der Waals surface area contributed by atoms with E-state index < -0.39 is 6.10 Å². The van der Waals surface area contributed by atoms with Crippen molar-refractivity contribution in [3.63, 3.8) is 0 Å². The van der Waals surface area contributed by atoms with Crippen LogP contribution in [0.2, 0.25) is 0 Å². The van der Waals surface area contributed by atoms with Crippen LogP contribution in [-0.4, -0.2) is 24.4 Å². The average Bonchev–Trinajstić information content (AvgIpc) is 3.17. The molecule has 0 unspecified atom stereocenters. The van der Waals surface area contributed by atoms with Gasteiger partial charge in [-0.3, -0.25) is 4.79 Å². The molecule has 1 atom stereocenters. The highest BCUT2D eigenvalue weighted by Gasteiger charge is 2.16. The normalized spacial score (nSPS) is 14.0. The number of hydrogen-bond donors (Lipinski definition) is 2.